The Bertz CT molecular complexity index is 1110. The average Bonchev–Trinajstić information content (AvgIpc) is 2.92. The van der Waals surface area contributed by atoms with Gasteiger partial charge in [0.15, 0.2) is 5.69 Å². The maximum absolute atomic E-state index is 11.2. The van der Waals surface area contributed by atoms with Crippen LogP contribution in [0.4, 0.5) is 5.69 Å². The third-order valence-corrected chi connectivity index (χ3v) is 4.58. The van der Waals surface area contributed by atoms with E-state index in [0.29, 0.717) is 18.5 Å². The highest BCUT2D eigenvalue weighted by Gasteiger charge is 2.17. The first-order valence-electron chi connectivity index (χ1n) is 8.45. The number of hydrogen-bond acceptors (Lipinski definition) is 4. The number of hydrogen-bond donors (Lipinski definition) is 1. The third kappa shape index (κ3) is 2.67. The lowest BCUT2D eigenvalue weighted by Crippen LogP contribution is -2.08. The summed E-state index contributed by atoms with van der Waals surface area (Å²) in [6.45, 7) is 2.70. The van der Waals surface area contributed by atoms with E-state index in [9.17, 15) is 10.0 Å². The molecule has 0 saturated carbocycles. The van der Waals surface area contributed by atoms with Gasteiger partial charge in [-0.2, -0.15) is 0 Å². The molecule has 0 bridgehead atoms. The first kappa shape index (κ1) is 16.1. The lowest BCUT2D eigenvalue weighted by atomic mass is 10.1. The van der Waals surface area contributed by atoms with Crippen LogP contribution in [-0.2, 0) is 6.54 Å². The summed E-state index contributed by atoms with van der Waals surface area (Å²) in [7, 11) is 0. The minimum atomic E-state index is -0.123. The summed E-state index contributed by atoms with van der Waals surface area (Å²) in [5.74, 6) is 0.672. The molecular formula is C21H18N2O3. The number of aromatic hydroxyl groups is 1. The van der Waals surface area contributed by atoms with E-state index in [4.69, 9.17) is 4.74 Å². The van der Waals surface area contributed by atoms with Gasteiger partial charge in [0.25, 0.3) is 0 Å². The van der Waals surface area contributed by atoms with Crippen LogP contribution in [0.15, 0.2) is 65.8 Å². The van der Waals surface area contributed by atoms with E-state index in [-0.39, 0.29) is 11.6 Å². The van der Waals surface area contributed by atoms with Crippen LogP contribution in [0, 0.1) is 11.8 Å². The number of rotatable bonds is 5. The van der Waals surface area contributed by atoms with Crippen molar-refractivity contribution in [1.29, 1.82) is 0 Å². The van der Waals surface area contributed by atoms with Crippen LogP contribution in [0.2, 0.25) is 0 Å². The Labute approximate surface area is 150 Å². The number of benzene rings is 3. The van der Waals surface area contributed by atoms with Crippen LogP contribution in [0.1, 0.15) is 5.56 Å². The molecule has 0 fully saturated rings. The van der Waals surface area contributed by atoms with Crippen LogP contribution in [-0.4, -0.2) is 16.3 Å². The molecule has 130 valence electrons. The van der Waals surface area contributed by atoms with E-state index < -0.39 is 0 Å². The molecule has 26 heavy (non-hydrogen) atoms. The topological polar surface area (TPSA) is 63.8 Å². The van der Waals surface area contributed by atoms with Crippen molar-refractivity contribution < 1.29 is 9.84 Å². The molecule has 5 heteroatoms. The van der Waals surface area contributed by atoms with Crippen molar-refractivity contribution in [3.05, 3.63) is 71.1 Å². The number of fused-ring (bicyclic) bond motifs is 2. The Morgan fingerprint density at radius 3 is 2.69 bits per heavy atom. The normalized spacial score (nSPS) is 11.1. The fourth-order valence-electron chi connectivity index (χ4n) is 3.32. The second-order valence-electron chi connectivity index (χ2n) is 6.26. The van der Waals surface area contributed by atoms with Crippen LogP contribution >= 0.6 is 0 Å². The minimum Gasteiger partial charge on any atom is -0.493 e. The van der Waals surface area contributed by atoms with E-state index >= 15 is 0 Å². The van der Waals surface area contributed by atoms with Crippen molar-refractivity contribution in [2.24, 2.45) is 5.18 Å². The molecule has 1 heterocycles. The molecular weight excluding hydrogens is 328 g/mol. The van der Waals surface area contributed by atoms with Crippen molar-refractivity contribution in [1.82, 2.24) is 4.57 Å². The van der Waals surface area contributed by atoms with Gasteiger partial charge >= 0.3 is 0 Å². The molecule has 0 aliphatic carbocycles. The third-order valence-electron chi connectivity index (χ3n) is 4.58. The monoisotopic (exact) mass is 346 g/mol. The Balaban J connectivity index is 1.62. The Morgan fingerprint density at radius 1 is 1.04 bits per heavy atom. The van der Waals surface area contributed by atoms with Gasteiger partial charge in [-0.15, -0.1) is 4.91 Å². The predicted molar refractivity (Wildman–Crippen MR) is 103 cm³/mol. The van der Waals surface area contributed by atoms with E-state index in [0.717, 1.165) is 27.6 Å². The Hall–Kier alpha value is -3.34. The molecule has 0 saturated heterocycles. The van der Waals surface area contributed by atoms with Gasteiger partial charge in [0.2, 0.25) is 5.88 Å². The molecule has 1 N–H and O–H groups in total. The average molecular weight is 346 g/mol. The second-order valence-corrected chi connectivity index (χ2v) is 6.26. The summed E-state index contributed by atoms with van der Waals surface area (Å²) in [6.07, 6.45) is 0. The number of aryl methyl sites for hydroxylation is 1. The highest BCUT2D eigenvalue weighted by atomic mass is 16.5. The number of nitrogens with zero attached hydrogens (tertiary/aromatic N) is 2. The number of aromatic nitrogens is 1. The van der Waals surface area contributed by atoms with Crippen molar-refractivity contribution >= 4 is 27.4 Å². The van der Waals surface area contributed by atoms with Gasteiger partial charge in [0, 0.05) is 10.8 Å². The number of nitroso groups, excluding NO2 is 1. The second kappa shape index (κ2) is 6.52. The first-order valence-corrected chi connectivity index (χ1v) is 8.45. The van der Waals surface area contributed by atoms with Crippen LogP contribution in [0.25, 0.3) is 21.7 Å². The Kier molecular flexibility index (Phi) is 4.05. The van der Waals surface area contributed by atoms with Crippen molar-refractivity contribution in [3.63, 3.8) is 0 Å². The van der Waals surface area contributed by atoms with Crippen LogP contribution < -0.4 is 4.74 Å². The summed E-state index contributed by atoms with van der Waals surface area (Å²) >= 11 is 0. The van der Waals surface area contributed by atoms with Crippen molar-refractivity contribution in [2.45, 2.75) is 13.5 Å². The molecule has 0 spiro atoms. The minimum absolute atomic E-state index is 0.0776. The molecule has 0 unspecified atom stereocenters. The quantitative estimate of drug-likeness (QED) is 0.500. The number of ether oxygens (including phenoxy) is 1. The lowest BCUT2D eigenvalue weighted by molar-refractivity contribution is 0.293. The lowest BCUT2D eigenvalue weighted by Gasteiger charge is -2.11. The molecule has 5 nitrogen and oxygen atoms in total. The van der Waals surface area contributed by atoms with Gasteiger partial charge in [0.05, 0.1) is 12.1 Å². The fourth-order valence-corrected chi connectivity index (χ4v) is 3.32. The molecule has 0 atom stereocenters. The van der Waals surface area contributed by atoms with E-state index in [2.05, 4.69) is 5.18 Å². The molecule has 0 aliphatic rings. The maximum atomic E-state index is 11.2. The van der Waals surface area contributed by atoms with Gasteiger partial charge in [-0.25, -0.2) is 0 Å². The standard InChI is InChI=1S/C21H18N2O3/c1-14-9-10-18-17(13-14)20(22-25)21(24)23(18)11-12-26-19-8-4-6-15-5-2-3-7-16(15)19/h2-10,13,24H,11-12H2,1H3. The first-order chi connectivity index (χ1) is 12.7. The zero-order valence-electron chi connectivity index (χ0n) is 14.3. The molecule has 1 aromatic heterocycles. The zero-order chi connectivity index (χ0) is 18.1. The fraction of sp³-hybridized carbons (Fsp3) is 0.143. The van der Waals surface area contributed by atoms with Gasteiger partial charge in [0.1, 0.15) is 12.4 Å². The summed E-state index contributed by atoms with van der Waals surface area (Å²) in [4.78, 5) is 11.2. The summed E-state index contributed by atoms with van der Waals surface area (Å²) in [6, 6.07) is 19.6. The van der Waals surface area contributed by atoms with E-state index in [1.54, 1.807) is 4.57 Å². The molecule has 4 aromatic rings. The van der Waals surface area contributed by atoms with Gasteiger partial charge in [-0.1, -0.05) is 48.0 Å². The highest BCUT2D eigenvalue weighted by molar-refractivity contribution is 5.95. The summed E-state index contributed by atoms with van der Waals surface area (Å²) in [5.41, 5.74) is 1.85. The Morgan fingerprint density at radius 2 is 1.85 bits per heavy atom. The smallest absolute Gasteiger partial charge is 0.222 e. The molecule has 0 aliphatic heterocycles. The van der Waals surface area contributed by atoms with E-state index in [1.165, 1.54) is 0 Å². The van der Waals surface area contributed by atoms with Gasteiger partial charge in [-0.05, 0) is 35.7 Å². The van der Waals surface area contributed by atoms with Gasteiger partial charge < -0.3 is 14.4 Å². The molecule has 0 radical (unpaired) electrons. The highest BCUT2D eigenvalue weighted by Crippen LogP contribution is 2.38. The predicted octanol–water partition coefficient (Wildman–Crippen LogP) is 5.29. The maximum Gasteiger partial charge on any atom is 0.222 e. The summed E-state index contributed by atoms with van der Waals surface area (Å²) in [5, 5.41) is 16.2. The van der Waals surface area contributed by atoms with Crippen molar-refractivity contribution in [2.75, 3.05) is 6.61 Å². The molecule has 0 amide bonds. The largest absolute Gasteiger partial charge is 0.493 e. The molecule has 3 aromatic carbocycles. The van der Waals surface area contributed by atoms with Crippen molar-refractivity contribution in [3.8, 4) is 11.6 Å². The summed E-state index contributed by atoms with van der Waals surface area (Å²) < 4.78 is 7.62. The zero-order valence-corrected chi connectivity index (χ0v) is 14.3. The van der Waals surface area contributed by atoms with Crippen LogP contribution in [0.5, 0.6) is 11.6 Å². The van der Waals surface area contributed by atoms with Crippen LogP contribution in [0.3, 0.4) is 0 Å². The van der Waals surface area contributed by atoms with E-state index in [1.807, 2.05) is 67.6 Å². The molecule has 4 rings (SSSR count). The van der Waals surface area contributed by atoms with Gasteiger partial charge in [-0.3, -0.25) is 0 Å². The SMILES string of the molecule is Cc1ccc2c(c1)c(N=O)c(O)n2CCOc1cccc2ccccc12.